The molecule has 4 N–H and O–H groups in total. The lowest BCUT2D eigenvalue weighted by Gasteiger charge is -2.34. The molecule has 8 heteroatoms. The van der Waals surface area contributed by atoms with Gasteiger partial charge in [-0.05, 0) is 61.7 Å². The number of halogens is 2. The molecule has 0 aromatic heterocycles. The topological polar surface area (TPSA) is 91.4 Å². The number of piperidine rings is 1. The molecule has 2 atom stereocenters. The highest BCUT2D eigenvalue weighted by Gasteiger charge is 2.28. The van der Waals surface area contributed by atoms with E-state index in [1.165, 1.54) is 18.2 Å². The zero-order valence-corrected chi connectivity index (χ0v) is 20.0. The maximum Gasteiger partial charge on any atom is 0.227 e. The van der Waals surface area contributed by atoms with Crippen molar-refractivity contribution in [2.45, 2.75) is 38.3 Å². The molecular weight excluding hydrogens is 462 g/mol. The molecule has 36 heavy (non-hydrogen) atoms. The van der Waals surface area contributed by atoms with Crippen molar-refractivity contribution in [2.75, 3.05) is 19.7 Å². The van der Waals surface area contributed by atoms with Crippen molar-refractivity contribution in [1.82, 2.24) is 10.2 Å². The van der Waals surface area contributed by atoms with Crippen LogP contribution in [0.25, 0.3) is 0 Å². The number of allylic oxidation sites excluding steroid dienone is 2. The third kappa shape index (κ3) is 5.04. The summed E-state index contributed by atoms with van der Waals surface area (Å²) in [7, 11) is 0. The van der Waals surface area contributed by atoms with E-state index in [1.807, 2.05) is 23.1 Å². The number of hydrogen-bond acceptors (Lipinski definition) is 5. The number of carbonyl (C=O) groups excluding carboxylic acids is 1. The first-order chi connectivity index (χ1) is 17.4. The smallest absolute Gasteiger partial charge is 0.227 e. The van der Waals surface area contributed by atoms with Crippen molar-refractivity contribution in [3.63, 3.8) is 0 Å². The lowest BCUT2D eigenvalue weighted by atomic mass is 9.88. The van der Waals surface area contributed by atoms with Gasteiger partial charge < -0.3 is 15.8 Å². The van der Waals surface area contributed by atoms with Gasteiger partial charge in [0.15, 0.2) is 0 Å². The highest BCUT2D eigenvalue weighted by Crippen LogP contribution is 2.29. The fourth-order valence-electron chi connectivity index (χ4n) is 5.17. The molecule has 0 radical (unpaired) electrons. The van der Waals surface area contributed by atoms with E-state index < -0.39 is 17.6 Å². The van der Waals surface area contributed by atoms with E-state index in [-0.39, 0.29) is 29.8 Å². The Kier molecular flexibility index (Phi) is 6.87. The van der Waals surface area contributed by atoms with Crippen molar-refractivity contribution in [2.24, 2.45) is 11.7 Å². The molecule has 0 bridgehead atoms. The first-order valence-electron chi connectivity index (χ1n) is 12.4. The normalized spacial score (nSPS) is 21.7. The minimum atomic E-state index is -0.552. The SMILES string of the molecule is N=C(C1=CC(C(=O)N[C@@H]2CCCN(Cc3c(F)cccc3F)C2)CC=C1N)c1ccc2c(c1)CCO2. The summed E-state index contributed by atoms with van der Waals surface area (Å²) < 4.78 is 33.7. The number of fused-ring (bicyclic) bond motifs is 1. The predicted octanol–water partition coefficient (Wildman–Crippen LogP) is 3.84. The van der Waals surface area contributed by atoms with Crippen LogP contribution in [0.1, 0.15) is 36.0 Å². The first-order valence-corrected chi connectivity index (χ1v) is 12.4. The highest BCUT2D eigenvalue weighted by molar-refractivity contribution is 6.13. The number of nitrogens with zero attached hydrogens (tertiary/aromatic N) is 1. The van der Waals surface area contributed by atoms with Crippen molar-refractivity contribution in [3.8, 4) is 5.75 Å². The molecule has 2 heterocycles. The Morgan fingerprint density at radius 1 is 1.22 bits per heavy atom. The number of rotatable bonds is 6. The van der Waals surface area contributed by atoms with Crippen LogP contribution < -0.4 is 15.8 Å². The van der Waals surface area contributed by atoms with Gasteiger partial charge in [-0.2, -0.15) is 0 Å². The molecule has 3 aliphatic rings. The molecule has 0 spiro atoms. The zero-order valence-electron chi connectivity index (χ0n) is 20.0. The van der Waals surface area contributed by atoms with Crippen molar-refractivity contribution in [1.29, 1.82) is 5.41 Å². The van der Waals surface area contributed by atoms with Gasteiger partial charge in [0.25, 0.3) is 0 Å². The molecule has 2 aromatic rings. The number of hydrogen-bond donors (Lipinski definition) is 3. The van der Waals surface area contributed by atoms with Crippen molar-refractivity contribution >= 4 is 11.6 Å². The van der Waals surface area contributed by atoms with Gasteiger partial charge in [0.2, 0.25) is 5.91 Å². The maximum atomic E-state index is 14.1. The van der Waals surface area contributed by atoms with Crippen LogP contribution >= 0.6 is 0 Å². The first kappa shape index (κ1) is 24.2. The van der Waals surface area contributed by atoms with Gasteiger partial charge in [-0.1, -0.05) is 18.2 Å². The van der Waals surface area contributed by atoms with Crippen LogP contribution in [0, 0.1) is 23.0 Å². The second-order valence-corrected chi connectivity index (χ2v) is 9.66. The molecule has 0 saturated carbocycles. The molecule has 2 aliphatic heterocycles. The maximum absolute atomic E-state index is 14.1. The van der Waals surface area contributed by atoms with Gasteiger partial charge in [0.05, 0.1) is 18.2 Å². The van der Waals surface area contributed by atoms with Crippen LogP contribution in [0.15, 0.2) is 59.8 Å². The summed E-state index contributed by atoms with van der Waals surface area (Å²) in [6.07, 6.45) is 6.49. The molecule has 1 aliphatic carbocycles. The number of amides is 1. The van der Waals surface area contributed by atoms with Gasteiger partial charge in [-0.3, -0.25) is 15.1 Å². The molecule has 5 rings (SSSR count). The van der Waals surface area contributed by atoms with E-state index in [1.54, 1.807) is 12.2 Å². The second-order valence-electron chi connectivity index (χ2n) is 9.66. The van der Waals surface area contributed by atoms with E-state index >= 15 is 0 Å². The van der Waals surface area contributed by atoms with Crippen LogP contribution in [0.3, 0.4) is 0 Å². The van der Waals surface area contributed by atoms with Gasteiger partial charge in [0, 0.05) is 47.9 Å². The second kappa shape index (κ2) is 10.2. The van der Waals surface area contributed by atoms with E-state index in [9.17, 15) is 13.6 Å². The largest absolute Gasteiger partial charge is 0.493 e. The Bertz CT molecular complexity index is 1240. The molecule has 1 fully saturated rings. The van der Waals surface area contributed by atoms with Crippen LogP contribution in [0.2, 0.25) is 0 Å². The van der Waals surface area contributed by atoms with E-state index in [0.717, 1.165) is 42.7 Å². The number of benzene rings is 2. The van der Waals surface area contributed by atoms with Gasteiger partial charge in [-0.15, -0.1) is 0 Å². The van der Waals surface area contributed by atoms with Gasteiger partial charge in [0.1, 0.15) is 17.4 Å². The summed E-state index contributed by atoms with van der Waals surface area (Å²) in [5.41, 5.74) is 9.43. The fourth-order valence-corrected chi connectivity index (χ4v) is 5.17. The van der Waals surface area contributed by atoms with Crippen LogP contribution in [-0.2, 0) is 17.8 Å². The Labute approximate surface area is 209 Å². The number of ether oxygens (including phenoxy) is 1. The molecule has 1 unspecified atom stereocenters. The van der Waals surface area contributed by atoms with E-state index in [0.29, 0.717) is 30.8 Å². The number of carbonyl (C=O) groups is 1. The van der Waals surface area contributed by atoms with E-state index in [2.05, 4.69) is 5.32 Å². The van der Waals surface area contributed by atoms with Crippen molar-refractivity contribution in [3.05, 3.63) is 88.1 Å². The molecule has 6 nitrogen and oxygen atoms in total. The average molecular weight is 493 g/mol. The van der Waals surface area contributed by atoms with Gasteiger partial charge in [-0.25, -0.2) is 8.78 Å². The Morgan fingerprint density at radius 2 is 2.03 bits per heavy atom. The third-order valence-corrected chi connectivity index (χ3v) is 7.15. The number of nitrogens with one attached hydrogen (secondary N) is 2. The summed E-state index contributed by atoms with van der Waals surface area (Å²) >= 11 is 0. The van der Waals surface area contributed by atoms with Crippen LogP contribution in [0.5, 0.6) is 5.75 Å². The summed E-state index contributed by atoms with van der Waals surface area (Å²) in [4.78, 5) is 15.1. The zero-order chi connectivity index (χ0) is 25.2. The lowest BCUT2D eigenvalue weighted by Crippen LogP contribution is -2.49. The highest BCUT2D eigenvalue weighted by atomic mass is 19.1. The minimum absolute atomic E-state index is 0.0570. The summed E-state index contributed by atoms with van der Waals surface area (Å²) in [6, 6.07) is 9.46. The molecule has 1 amide bonds. The van der Waals surface area contributed by atoms with Gasteiger partial charge >= 0.3 is 0 Å². The summed E-state index contributed by atoms with van der Waals surface area (Å²) in [5, 5.41) is 11.9. The van der Waals surface area contributed by atoms with Crippen molar-refractivity contribution < 1.29 is 18.3 Å². The standard InChI is InChI=1S/C28H30F2N4O2/c29-23-4-1-5-24(30)22(23)16-34-11-2-3-20(15-34)33-28(35)19-6-8-25(31)21(14-19)27(32)18-7-9-26-17(13-18)10-12-36-26/h1,4-5,7-9,13-14,19-20,32H,2-3,6,10-12,15-16,31H2,(H,33,35)/t19?,20-/m1/s1. The quantitative estimate of drug-likeness (QED) is 0.535. The molecular formula is C28H30F2N4O2. The number of nitrogens with two attached hydrogens (primary N) is 1. The van der Waals surface area contributed by atoms with Crippen LogP contribution in [-0.4, -0.2) is 42.3 Å². The molecule has 2 aromatic carbocycles. The molecule has 188 valence electrons. The predicted molar refractivity (Wildman–Crippen MR) is 134 cm³/mol. The van der Waals surface area contributed by atoms with E-state index in [4.69, 9.17) is 15.9 Å². The Morgan fingerprint density at radius 3 is 2.83 bits per heavy atom. The summed E-state index contributed by atoms with van der Waals surface area (Å²) in [5.74, 6) is -0.822. The molecule has 1 saturated heterocycles. The Hall–Kier alpha value is -3.52. The monoisotopic (exact) mass is 492 g/mol. The Balaban J connectivity index is 1.24. The number of likely N-dealkylation sites (tertiary alicyclic amines) is 1. The third-order valence-electron chi connectivity index (χ3n) is 7.15. The minimum Gasteiger partial charge on any atom is -0.493 e. The van der Waals surface area contributed by atoms with Crippen LogP contribution in [0.4, 0.5) is 8.78 Å². The average Bonchev–Trinajstić information content (AvgIpc) is 3.34. The summed E-state index contributed by atoms with van der Waals surface area (Å²) in [6.45, 7) is 2.05. The lowest BCUT2D eigenvalue weighted by molar-refractivity contribution is -0.124. The fraction of sp³-hybridized carbons (Fsp3) is 0.357.